The van der Waals surface area contributed by atoms with Gasteiger partial charge >= 0.3 is 5.97 Å². The van der Waals surface area contributed by atoms with Crippen molar-refractivity contribution in [3.63, 3.8) is 0 Å². The molecule has 2 aliphatic rings. The van der Waals surface area contributed by atoms with Crippen LogP contribution in [0.25, 0.3) is 0 Å². The van der Waals surface area contributed by atoms with Crippen LogP contribution in [0.5, 0.6) is 0 Å². The number of esters is 1. The summed E-state index contributed by atoms with van der Waals surface area (Å²) in [7, 11) is 1.43. The normalized spacial score (nSPS) is 18.6. The highest BCUT2D eigenvalue weighted by Crippen LogP contribution is 2.26. The smallest absolute Gasteiger partial charge is 0.338 e. The lowest BCUT2D eigenvalue weighted by Crippen LogP contribution is -2.21. The molecule has 0 atom stereocenters. The molecular weight excluding hydrogens is 256 g/mol. The highest BCUT2D eigenvalue weighted by Gasteiger charge is 2.23. The summed E-state index contributed by atoms with van der Waals surface area (Å²) in [6.07, 6.45) is 3.87. The molecular formula is C15H20N2O3. The van der Waals surface area contributed by atoms with Crippen LogP contribution in [-0.4, -0.2) is 44.4 Å². The minimum absolute atomic E-state index is 0.272. The van der Waals surface area contributed by atoms with Crippen molar-refractivity contribution in [2.45, 2.75) is 25.7 Å². The molecule has 0 bridgehead atoms. The number of aromatic nitrogens is 1. The van der Waals surface area contributed by atoms with Gasteiger partial charge in [-0.1, -0.05) is 0 Å². The minimum atomic E-state index is -0.272. The van der Waals surface area contributed by atoms with Gasteiger partial charge in [-0.15, -0.1) is 0 Å². The largest absolute Gasteiger partial charge is 0.465 e. The van der Waals surface area contributed by atoms with E-state index in [1.807, 2.05) is 6.07 Å². The van der Waals surface area contributed by atoms with Crippen molar-refractivity contribution in [2.24, 2.45) is 0 Å². The van der Waals surface area contributed by atoms with E-state index in [9.17, 15) is 4.79 Å². The predicted octanol–water partition coefficient (Wildman–Crippen LogP) is 1.58. The first-order valence-electron chi connectivity index (χ1n) is 7.23. The van der Waals surface area contributed by atoms with Gasteiger partial charge in [0.15, 0.2) is 0 Å². The van der Waals surface area contributed by atoms with Crippen LogP contribution in [0.4, 0.5) is 5.82 Å². The lowest BCUT2D eigenvalue weighted by Gasteiger charge is -2.20. The summed E-state index contributed by atoms with van der Waals surface area (Å²) in [5.41, 5.74) is 2.65. The number of anilines is 1. The van der Waals surface area contributed by atoms with Crippen molar-refractivity contribution >= 4 is 11.8 Å². The maximum atomic E-state index is 12.1. The zero-order valence-corrected chi connectivity index (χ0v) is 11.9. The fourth-order valence-electron chi connectivity index (χ4n) is 2.94. The number of fused-ring (bicyclic) bond motifs is 1. The molecule has 0 radical (unpaired) electrons. The lowest BCUT2D eigenvalue weighted by molar-refractivity contribution is 0.0599. The first-order chi connectivity index (χ1) is 9.79. The molecule has 0 aromatic carbocycles. The molecule has 0 N–H and O–H groups in total. The van der Waals surface area contributed by atoms with Gasteiger partial charge in [0.1, 0.15) is 5.82 Å². The van der Waals surface area contributed by atoms with Gasteiger partial charge in [-0.25, -0.2) is 9.78 Å². The molecule has 0 spiro atoms. The third-order valence-corrected chi connectivity index (χ3v) is 4.01. The molecule has 20 heavy (non-hydrogen) atoms. The summed E-state index contributed by atoms with van der Waals surface area (Å²) < 4.78 is 10.4. The third kappa shape index (κ3) is 2.50. The van der Waals surface area contributed by atoms with Crippen LogP contribution in [0.1, 0.15) is 34.5 Å². The van der Waals surface area contributed by atoms with Gasteiger partial charge in [0.25, 0.3) is 0 Å². The van der Waals surface area contributed by atoms with E-state index < -0.39 is 0 Å². The standard InChI is InChI=1S/C15H20N2O3/c1-19-15(18)12-10-14(17-6-2-3-7-17)16-13-5-9-20-8-4-11(12)13/h10H,2-9H2,1H3. The fourth-order valence-corrected chi connectivity index (χ4v) is 2.94. The molecule has 5 heteroatoms. The molecule has 0 amide bonds. The second kappa shape index (κ2) is 5.79. The van der Waals surface area contributed by atoms with E-state index in [1.165, 1.54) is 20.0 Å². The van der Waals surface area contributed by atoms with E-state index in [0.29, 0.717) is 18.8 Å². The van der Waals surface area contributed by atoms with Gasteiger partial charge in [-0.2, -0.15) is 0 Å². The SMILES string of the molecule is COC(=O)c1cc(N2CCCC2)nc2c1CCOCC2. The average Bonchev–Trinajstić information content (AvgIpc) is 2.91. The molecule has 3 heterocycles. The Bertz CT molecular complexity index is 510. The molecule has 1 fully saturated rings. The van der Waals surface area contributed by atoms with Gasteiger partial charge < -0.3 is 14.4 Å². The number of carbonyl (C=O) groups is 1. The quantitative estimate of drug-likeness (QED) is 0.768. The van der Waals surface area contributed by atoms with Crippen LogP contribution >= 0.6 is 0 Å². The van der Waals surface area contributed by atoms with Gasteiger partial charge in [0, 0.05) is 25.2 Å². The van der Waals surface area contributed by atoms with Crippen molar-refractivity contribution in [2.75, 3.05) is 38.3 Å². The Labute approximate surface area is 118 Å². The first kappa shape index (κ1) is 13.4. The second-order valence-corrected chi connectivity index (χ2v) is 5.25. The van der Waals surface area contributed by atoms with Crippen molar-refractivity contribution in [1.82, 2.24) is 4.98 Å². The average molecular weight is 276 g/mol. The van der Waals surface area contributed by atoms with Gasteiger partial charge in [-0.05, 0) is 30.9 Å². The number of nitrogens with zero attached hydrogens (tertiary/aromatic N) is 2. The predicted molar refractivity (Wildman–Crippen MR) is 75.3 cm³/mol. The molecule has 0 aliphatic carbocycles. The summed E-state index contributed by atoms with van der Waals surface area (Å²) in [4.78, 5) is 19.1. The lowest BCUT2D eigenvalue weighted by atomic mass is 10.0. The third-order valence-electron chi connectivity index (χ3n) is 4.01. The Morgan fingerprint density at radius 1 is 1.30 bits per heavy atom. The number of hydrogen-bond donors (Lipinski definition) is 0. The Morgan fingerprint density at radius 3 is 2.80 bits per heavy atom. The van der Waals surface area contributed by atoms with Gasteiger partial charge in [0.2, 0.25) is 0 Å². The summed E-state index contributed by atoms with van der Waals surface area (Å²) in [5, 5.41) is 0. The van der Waals surface area contributed by atoms with E-state index in [1.54, 1.807) is 0 Å². The topological polar surface area (TPSA) is 51.7 Å². The Kier molecular flexibility index (Phi) is 3.87. The van der Waals surface area contributed by atoms with Crippen LogP contribution in [0.2, 0.25) is 0 Å². The summed E-state index contributed by atoms with van der Waals surface area (Å²) in [6.45, 7) is 3.34. The highest BCUT2D eigenvalue weighted by atomic mass is 16.5. The van der Waals surface area contributed by atoms with Crippen LogP contribution < -0.4 is 4.90 Å². The fraction of sp³-hybridized carbons (Fsp3) is 0.600. The molecule has 0 unspecified atom stereocenters. The zero-order chi connectivity index (χ0) is 13.9. The van der Waals surface area contributed by atoms with Crippen molar-refractivity contribution < 1.29 is 14.3 Å². The highest BCUT2D eigenvalue weighted by molar-refractivity contribution is 5.92. The second-order valence-electron chi connectivity index (χ2n) is 5.25. The van der Waals surface area contributed by atoms with Crippen LogP contribution in [0.15, 0.2) is 6.07 Å². The number of methoxy groups -OCH3 is 1. The molecule has 1 aromatic heterocycles. The summed E-state index contributed by atoms with van der Waals surface area (Å²) in [6, 6.07) is 1.89. The van der Waals surface area contributed by atoms with E-state index in [4.69, 9.17) is 14.5 Å². The van der Waals surface area contributed by atoms with Crippen molar-refractivity contribution in [3.8, 4) is 0 Å². The number of carbonyl (C=O) groups excluding carboxylic acids is 1. The number of rotatable bonds is 2. The van der Waals surface area contributed by atoms with E-state index >= 15 is 0 Å². The molecule has 5 nitrogen and oxygen atoms in total. The van der Waals surface area contributed by atoms with E-state index in [2.05, 4.69) is 4.90 Å². The monoisotopic (exact) mass is 276 g/mol. The molecule has 1 aromatic rings. The van der Waals surface area contributed by atoms with Gasteiger partial charge in [-0.3, -0.25) is 0 Å². The maximum Gasteiger partial charge on any atom is 0.338 e. The van der Waals surface area contributed by atoms with Crippen LogP contribution in [-0.2, 0) is 22.3 Å². The Morgan fingerprint density at radius 2 is 2.05 bits per heavy atom. The van der Waals surface area contributed by atoms with Crippen LogP contribution in [0.3, 0.4) is 0 Å². The van der Waals surface area contributed by atoms with E-state index in [0.717, 1.165) is 43.0 Å². The summed E-state index contributed by atoms with van der Waals surface area (Å²) >= 11 is 0. The maximum absolute atomic E-state index is 12.1. The van der Waals surface area contributed by atoms with Gasteiger partial charge in [0.05, 0.1) is 25.9 Å². The molecule has 2 aliphatic heterocycles. The molecule has 108 valence electrons. The van der Waals surface area contributed by atoms with Crippen molar-refractivity contribution in [3.05, 3.63) is 22.9 Å². The minimum Gasteiger partial charge on any atom is -0.465 e. The Balaban J connectivity index is 2.04. The van der Waals surface area contributed by atoms with Crippen LogP contribution in [0, 0.1) is 0 Å². The van der Waals surface area contributed by atoms with Crippen molar-refractivity contribution in [1.29, 1.82) is 0 Å². The number of ether oxygens (including phenoxy) is 2. The number of pyridine rings is 1. The molecule has 0 saturated carbocycles. The van der Waals surface area contributed by atoms with E-state index in [-0.39, 0.29) is 5.97 Å². The molecule has 3 rings (SSSR count). The number of hydrogen-bond acceptors (Lipinski definition) is 5. The zero-order valence-electron chi connectivity index (χ0n) is 11.9. The molecule has 1 saturated heterocycles. The Hall–Kier alpha value is -1.62. The first-order valence-corrected chi connectivity index (χ1v) is 7.23. The summed E-state index contributed by atoms with van der Waals surface area (Å²) in [5.74, 6) is 0.634.